The Balaban J connectivity index is 1.32. The van der Waals surface area contributed by atoms with Crippen molar-refractivity contribution < 1.29 is 0 Å². The fraction of sp³-hybridized carbons (Fsp3) is 0.143. The standard InChI is InChI=1S/C56H48N2/c1-33-27-43(28-34(2)39(33)7)57(51-21-13-17-41-15-9-11-19-47(41)51)53-31-37(5)45-24-26-50-54(32-38(6)46-23-25-49(53)55(45)56(46)50)58(44-29-35(3)40(8)36(4)30-44)52-22-14-18-42-16-10-12-20-48(42)52/h9-32H,1-8H3. The fourth-order valence-corrected chi connectivity index (χ4v) is 9.58. The highest BCUT2D eigenvalue weighted by Gasteiger charge is 2.25. The van der Waals surface area contributed by atoms with Crippen LogP contribution in [0.4, 0.5) is 34.1 Å². The SMILES string of the molecule is Cc1cc(N(c2cccc3ccccc23)c2cc(C)c3ccc4c(N(c5cc(C)c(C)c(C)c5)c5cccc6ccccc56)cc(C)c5ccc2c3c54)cc(C)c1C. The molecule has 0 aliphatic carbocycles. The van der Waals surface area contributed by atoms with E-state index in [1.54, 1.807) is 0 Å². The smallest absolute Gasteiger partial charge is 0.0543 e. The highest BCUT2D eigenvalue weighted by atomic mass is 15.2. The fourth-order valence-electron chi connectivity index (χ4n) is 9.58. The van der Waals surface area contributed by atoms with Crippen molar-refractivity contribution in [1.29, 1.82) is 0 Å². The molecule has 0 aliphatic rings. The highest BCUT2D eigenvalue weighted by molar-refractivity contribution is 6.29. The lowest BCUT2D eigenvalue weighted by atomic mass is 9.88. The van der Waals surface area contributed by atoms with Gasteiger partial charge in [-0.3, -0.25) is 0 Å². The molecule has 0 unspecified atom stereocenters. The summed E-state index contributed by atoms with van der Waals surface area (Å²) in [6, 6.07) is 54.8. The molecule has 0 bridgehead atoms. The first kappa shape index (κ1) is 35.8. The van der Waals surface area contributed by atoms with E-state index in [2.05, 4.69) is 211 Å². The predicted molar refractivity (Wildman–Crippen MR) is 252 cm³/mol. The molecule has 2 nitrogen and oxygen atoms in total. The van der Waals surface area contributed by atoms with E-state index < -0.39 is 0 Å². The molecule has 0 atom stereocenters. The number of anilines is 6. The maximum absolute atomic E-state index is 2.52. The maximum atomic E-state index is 2.52. The van der Waals surface area contributed by atoms with Gasteiger partial charge >= 0.3 is 0 Å². The molecule has 10 aromatic rings. The molecule has 0 aromatic heterocycles. The van der Waals surface area contributed by atoms with Crippen molar-refractivity contribution in [3.05, 3.63) is 190 Å². The first-order valence-corrected chi connectivity index (χ1v) is 20.5. The van der Waals surface area contributed by atoms with E-state index in [-0.39, 0.29) is 0 Å². The molecule has 0 radical (unpaired) electrons. The molecule has 0 spiro atoms. The highest BCUT2D eigenvalue weighted by Crippen LogP contribution is 2.51. The molecule has 0 N–H and O–H groups in total. The zero-order chi connectivity index (χ0) is 40.0. The van der Waals surface area contributed by atoms with Gasteiger partial charge in [0.05, 0.1) is 22.7 Å². The summed E-state index contributed by atoms with van der Waals surface area (Å²) < 4.78 is 0. The Morgan fingerprint density at radius 3 is 1.02 bits per heavy atom. The topological polar surface area (TPSA) is 6.48 Å². The van der Waals surface area contributed by atoms with Crippen LogP contribution < -0.4 is 9.80 Å². The van der Waals surface area contributed by atoms with Gasteiger partial charge in [-0.05, 0) is 181 Å². The monoisotopic (exact) mass is 748 g/mol. The van der Waals surface area contributed by atoms with Gasteiger partial charge in [-0.2, -0.15) is 0 Å². The second-order valence-corrected chi connectivity index (χ2v) is 16.6. The van der Waals surface area contributed by atoms with Crippen LogP contribution in [-0.4, -0.2) is 0 Å². The second kappa shape index (κ2) is 13.5. The lowest BCUT2D eigenvalue weighted by Crippen LogP contribution is -2.13. The number of rotatable bonds is 6. The Kier molecular flexibility index (Phi) is 8.32. The summed E-state index contributed by atoms with van der Waals surface area (Å²) in [5.74, 6) is 0. The van der Waals surface area contributed by atoms with Crippen LogP contribution in [0.5, 0.6) is 0 Å². The number of hydrogen-bond acceptors (Lipinski definition) is 2. The normalized spacial score (nSPS) is 11.8. The van der Waals surface area contributed by atoms with Gasteiger partial charge in [-0.15, -0.1) is 0 Å². The second-order valence-electron chi connectivity index (χ2n) is 16.6. The van der Waals surface area contributed by atoms with Crippen molar-refractivity contribution >= 4 is 88.0 Å². The quantitative estimate of drug-likeness (QED) is 0.156. The largest absolute Gasteiger partial charge is 0.309 e. The van der Waals surface area contributed by atoms with E-state index in [1.165, 1.54) is 132 Å². The average Bonchev–Trinajstić information content (AvgIpc) is 3.23. The number of hydrogen-bond donors (Lipinski definition) is 0. The summed E-state index contributed by atoms with van der Waals surface area (Å²) in [6.45, 7) is 18.0. The van der Waals surface area contributed by atoms with E-state index >= 15 is 0 Å². The van der Waals surface area contributed by atoms with E-state index in [0.717, 1.165) is 0 Å². The van der Waals surface area contributed by atoms with Crippen molar-refractivity contribution in [1.82, 2.24) is 0 Å². The average molecular weight is 749 g/mol. The molecular formula is C56H48N2. The minimum atomic E-state index is 1.18. The van der Waals surface area contributed by atoms with Crippen LogP contribution in [-0.2, 0) is 0 Å². The Hall–Kier alpha value is -6.64. The van der Waals surface area contributed by atoms with Crippen LogP contribution >= 0.6 is 0 Å². The summed E-state index contributed by atoms with van der Waals surface area (Å²) in [5.41, 5.74) is 17.5. The molecule has 0 heterocycles. The number of aryl methyl sites for hydroxylation is 6. The molecule has 58 heavy (non-hydrogen) atoms. The third-order valence-electron chi connectivity index (χ3n) is 13.1. The van der Waals surface area contributed by atoms with Gasteiger partial charge in [-0.25, -0.2) is 0 Å². The van der Waals surface area contributed by atoms with Crippen molar-refractivity contribution in [2.45, 2.75) is 55.4 Å². The first-order chi connectivity index (χ1) is 28.1. The third kappa shape index (κ3) is 5.46. The van der Waals surface area contributed by atoms with Crippen molar-refractivity contribution in [3.8, 4) is 0 Å². The Bertz CT molecular complexity index is 3000. The summed E-state index contributed by atoms with van der Waals surface area (Å²) in [4.78, 5) is 5.05. The number of benzene rings is 10. The van der Waals surface area contributed by atoms with Crippen LogP contribution in [0.2, 0.25) is 0 Å². The summed E-state index contributed by atoms with van der Waals surface area (Å²) in [7, 11) is 0. The van der Waals surface area contributed by atoms with Crippen molar-refractivity contribution in [2.75, 3.05) is 9.80 Å². The summed E-state index contributed by atoms with van der Waals surface area (Å²) >= 11 is 0. The molecule has 10 aromatic carbocycles. The van der Waals surface area contributed by atoms with Gasteiger partial charge in [0.1, 0.15) is 0 Å². The zero-order valence-electron chi connectivity index (χ0n) is 34.8. The van der Waals surface area contributed by atoms with Crippen molar-refractivity contribution in [2.24, 2.45) is 0 Å². The van der Waals surface area contributed by atoms with E-state index in [4.69, 9.17) is 0 Å². The van der Waals surface area contributed by atoms with Gasteiger partial charge in [-0.1, -0.05) is 97.1 Å². The van der Waals surface area contributed by atoms with Crippen LogP contribution in [0, 0.1) is 55.4 Å². The molecule has 0 amide bonds. The predicted octanol–water partition coefficient (Wildman–Crippen LogP) is 16.3. The van der Waals surface area contributed by atoms with E-state index in [0.29, 0.717) is 0 Å². The summed E-state index contributed by atoms with van der Waals surface area (Å²) in [6.07, 6.45) is 0. The maximum Gasteiger partial charge on any atom is 0.0543 e. The molecule has 0 saturated heterocycles. The van der Waals surface area contributed by atoms with Gasteiger partial charge in [0.15, 0.2) is 0 Å². The first-order valence-electron chi connectivity index (χ1n) is 20.5. The molecule has 0 fully saturated rings. The summed E-state index contributed by atoms with van der Waals surface area (Å²) in [5, 5.41) is 12.6. The minimum Gasteiger partial charge on any atom is -0.309 e. The molecule has 2 heteroatoms. The molecule has 0 aliphatic heterocycles. The Labute approximate surface area is 341 Å². The number of fused-ring (bicyclic) bond motifs is 2. The Morgan fingerprint density at radius 1 is 0.276 bits per heavy atom. The molecule has 282 valence electrons. The van der Waals surface area contributed by atoms with Crippen molar-refractivity contribution in [3.63, 3.8) is 0 Å². The molecular weight excluding hydrogens is 701 g/mol. The van der Waals surface area contributed by atoms with Crippen LogP contribution in [0.1, 0.15) is 44.5 Å². The van der Waals surface area contributed by atoms with Crippen LogP contribution in [0.3, 0.4) is 0 Å². The van der Waals surface area contributed by atoms with Gasteiger partial charge in [0.25, 0.3) is 0 Å². The van der Waals surface area contributed by atoms with Gasteiger partial charge in [0, 0.05) is 32.9 Å². The lowest BCUT2D eigenvalue weighted by Gasteiger charge is -2.32. The molecule has 0 saturated carbocycles. The van der Waals surface area contributed by atoms with Crippen LogP contribution in [0.25, 0.3) is 53.9 Å². The number of nitrogens with zero attached hydrogens (tertiary/aromatic N) is 2. The van der Waals surface area contributed by atoms with E-state index in [1.807, 2.05) is 0 Å². The zero-order valence-corrected chi connectivity index (χ0v) is 34.8. The Morgan fingerprint density at radius 2 is 0.621 bits per heavy atom. The molecule has 10 rings (SSSR count). The minimum absolute atomic E-state index is 1.18. The van der Waals surface area contributed by atoms with E-state index in [9.17, 15) is 0 Å². The van der Waals surface area contributed by atoms with Gasteiger partial charge < -0.3 is 9.80 Å². The third-order valence-corrected chi connectivity index (χ3v) is 13.1. The lowest BCUT2D eigenvalue weighted by molar-refractivity contribution is 1.22. The van der Waals surface area contributed by atoms with Gasteiger partial charge in [0.2, 0.25) is 0 Å². The van der Waals surface area contributed by atoms with Crippen LogP contribution in [0.15, 0.2) is 146 Å².